The first-order valence-corrected chi connectivity index (χ1v) is 5.20. The first kappa shape index (κ1) is 11.7. The van der Waals surface area contributed by atoms with Gasteiger partial charge in [0.15, 0.2) is 0 Å². The Hall–Kier alpha value is -1.35. The zero-order chi connectivity index (χ0) is 11.1. The Labute approximate surface area is 90.2 Å². The van der Waals surface area contributed by atoms with Gasteiger partial charge in [0.2, 0.25) is 0 Å². The molecule has 1 aromatic rings. The van der Waals surface area contributed by atoms with Gasteiger partial charge in [-0.1, -0.05) is 30.3 Å². The number of benzene rings is 1. The van der Waals surface area contributed by atoms with Crippen molar-refractivity contribution in [2.75, 3.05) is 6.61 Å². The second kappa shape index (κ2) is 6.19. The van der Waals surface area contributed by atoms with Gasteiger partial charge in [-0.15, -0.1) is 0 Å². The molecule has 0 fully saturated rings. The zero-order valence-corrected chi connectivity index (χ0v) is 8.98. The predicted molar refractivity (Wildman–Crippen MR) is 59.4 cm³/mol. The van der Waals surface area contributed by atoms with Gasteiger partial charge in [0.05, 0.1) is 6.61 Å². The molecule has 0 spiro atoms. The van der Waals surface area contributed by atoms with Crippen LogP contribution in [0, 0.1) is 0 Å². The van der Waals surface area contributed by atoms with Gasteiger partial charge >= 0.3 is 5.97 Å². The van der Waals surface area contributed by atoms with Gasteiger partial charge in [-0.05, 0) is 25.3 Å². The molecule has 0 radical (unpaired) electrons. The van der Waals surface area contributed by atoms with Crippen LogP contribution in [-0.2, 0) is 16.0 Å². The van der Waals surface area contributed by atoms with E-state index >= 15 is 0 Å². The molecule has 0 saturated carbocycles. The van der Waals surface area contributed by atoms with Crippen molar-refractivity contribution in [2.45, 2.75) is 25.8 Å². The average molecular weight is 208 g/mol. The van der Waals surface area contributed by atoms with E-state index in [4.69, 9.17) is 10.5 Å². The van der Waals surface area contributed by atoms with Crippen molar-refractivity contribution in [3.05, 3.63) is 35.9 Å². The summed E-state index contributed by atoms with van der Waals surface area (Å²) in [6.45, 7) is 2.17. The highest BCUT2D eigenvalue weighted by Crippen LogP contribution is 2.04. The van der Waals surface area contributed by atoms with Gasteiger partial charge in [-0.3, -0.25) is 4.79 Å². The first-order chi connectivity index (χ1) is 7.24. The quantitative estimate of drug-likeness (QED) is 0.589. The van der Waals surface area contributed by atoms with Crippen molar-refractivity contribution in [3.63, 3.8) is 0 Å². The second-order valence-electron chi connectivity index (χ2n) is 3.38. The number of aryl methyl sites for hydroxylation is 1. The van der Waals surface area contributed by atoms with Crippen LogP contribution in [0.15, 0.2) is 30.3 Å². The van der Waals surface area contributed by atoms with Crippen LogP contribution in [-0.4, -0.2) is 18.6 Å². The molecule has 0 aliphatic carbocycles. The molecule has 0 aliphatic rings. The minimum atomic E-state index is -0.509. The molecule has 2 N–H and O–H groups in total. The number of hydrogen-bond donors (Lipinski definition) is 1. The van der Waals surface area contributed by atoms with Crippen molar-refractivity contribution in [1.29, 1.82) is 0 Å². The van der Waals surface area contributed by atoms with Crippen LogP contribution < -0.4 is 5.73 Å². The van der Waals surface area contributed by atoms with Crippen molar-refractivity contribution in [2.24, 2.45) is 5.73 Å². The summed E-state index contributed by atoms with van der Waals surface area (Å²) in [4.78, 5) is 11.2. The third-order valence-corrected chi connectivity index (χ3v) is 2.18. The number of carbonyl (C=O) groups is 1. The summed E-state index contributed by atoms with van der Waals surface area (Å²) < 4.78 is 4.83. The molecule has 1 aromatic carbocycles. The maximum Gasteiger partial charge on any atom is 0.322 e. The van der Waals surface area contributed by atoms with Gasteiger partial charge in [0.25, 0.3) is 0 Å². The standard InChI is InChI=1S/C12H17NO2/c1-2-15-12(14)11(13)9-8-10-6-4-3-5-7-10/h3-7,11H,2,8-9,13H2,1H3/i12+1. The normalized spacial score (nSPS) is 12.1. The maximum atomic E-state index is 11.2. The summed E-state index contributed by atoms with van der Waals surface area (Å²) in [5.74, 6) is -0.312. The second-order valence-corrected chi connectivity index (χ2v) is 3.38. The molecule has 0 saturated heterocycles. The molecule has 3 nitrogen and oxygen atoms in total. The molecule has 0 aromatic heterocycles. The molecule has 82 valence electrons. The Morgan fingerprint density at radius 3 is 2.67 bits per heavy atom. The Morgan fingerprint density at radius 2 is 2.07 bits per heavy atom. The van der Waals surface area contributed by atoms with Crippen LogP contribution in [0.4, 0.5) is 0 Å². The summed E-state index contributed by atoms with van der Waals surface area (Å²) in [6.07, 6.45) is 1.43. The lowest BCUT2D eigenvalue weighted by atomic mass is 10.1. The minimum absolute atomic E-state index is 0.312. The highest BCUT2D eigenvalue weighted by molar-refractivity contribution is 5.75. The van der Waals surface area contributed by atoms with E-state index < -0.39 is 6.04 Å². The van der Waals surface area contributed by atoms with Crippen molar-refractivity contribution < 1.29 is 9.53 Å². The Kier molecular flexibility index (Phi) is 4.84. The van der Waals surface area contributed by atoms with Gasteiger partial charge < -0.3 is 10.5 Å². The Balaban J connectivity index is 2.34. The predicted octanol–water partition coefficient (Wildman–Crippen LogP) is 1.51. The summed E-state index contributed by atoms with van der Waals surface area (Å²) >= 11 is 0. The van der Waals surface area contributed by atoms with Crippen molar-refractivity contribution in [3.8, 4) is 0 Å². The van der Waals surface area contributed by atoms with E-state index in [1.165, 1.54) is 5.56 Å². The number of carbonyl (C=O) groups excluding carboxylic acids is 1. The topological polar surface area (TPSA) is 52.3 Å². The molecule has 1 atom stereocenters. The highest BCUT2D eigenvalue weighted by Gasteiger charge is 2.13. The van der Waals surface area contributed by atoms with E-state index in [-0.39, 0.29) is 5.97 Å². The first-order valence-electron chi connectivity index (χ1n) is 5.20. The molecule has 1 unspecified atom stereocenters. The molecule has 0 heterocycles. The number of esters is 1. The van der Waals surface area contributed by atoms with Crippen LogP contribution >= 0.6 is 0 Å². The van der Waals surface area contributed by atoms with E-state index in [2.05, 4.69) is 0 Å². The van der Waals surface area contributed by atoms with E-state index in [0.717, 1.165) is 6.42 Å². The van der Waals surface area contributed by atoms with Gasteiger partial charge in [-0.25, -0.2) is 0 Å². The van der Waals surface area contributed by atoms with Gasteiger partial charge in [0.1, 0.15) is 6.04 Å². The van der Waals surface area contributed by atoms with E-state index in [1.807, 2.05) is 30.3 Å². The highest BCUT2D eigenvalue weighted by atomic mass is 16.6. The van der Waals surface area contributed by atoms with E-state index in [0.29, 0.717) is 13.0 Å². The largest absolute Gasteiger partial charge is 0.465 e. The number of ether oxygens (including phenoxy) is 1. The lowest BCUT2D eigenvalue weighted by Gasteiger charge is -2.09. The van der Waals surface area contributed by atoms with Crippen LogP contribution in [0.25, 0.3) is 0 Å². The smallest absolute Gasteiger partial charge is 0.322 e. The fourth-order valence-corrected chi connectivity index (χ4v) is 1.33. The summed E-state index contributed by atoms with van der Waals surface area (Å²) in [6, 6.07) is 9.46. The molecule has 3 heteroatoms. The molecule has 15 heavy (non-hydrogen) atoms. The molecule has 0 aliphatic heterocycles. The van der Waals surface area contributed by atoms with Gasteiger partial charge in [-0.2, -0.15) is 0 Å². The summed E-state index contributed by atoms with van der Waals surface area (Å²) in [7, 11) is 0. The number of rotatable bonds is 5. The molecule has 1 rings (SSSR count). The fraction of sp³-hybridized carbons (Fsp3) is 0.417. The van der Waals surface area contributed by atoms with Gasteiger partial charge in [0, 0.05) is 0 Å². The monoisotopic (exact) mass is 208 g/mol. The van der Waals surface area contributed by atoms with Crippen LogP contribution in [0.1, 0.15) is 18.9 Å². The Morgan fingerprint density at radius 1 is 1.40 bits per heavy atom. The van der Waals surface area contributed by atoms with Crippen LogP contribution in [0.5, 0.6) is 0 Å². The van der Waals surface area contributed by atoms with Crippen LogP contribution in [0.3, 0.4) is 0 Å². The molecule has 0 amide bonds. The summed E-state index contributed by atoms with van der Waals surface area (Å²) in [5, 5.41) is 0. The SMILES string of the molecule is CCO[13C](=O)C(N)CCc1ccccc1. The average Bonchev–Trinajstić information content (AvgIpc) is 2.27. The zero-order valence-electron chi connectivity index (χ0n) is 8.98. The van der Waals surface area contributed by atoms with Crippen LogP contribution in [0.2, 0.25) is 0 Å². The van der Waals surface area contributed by atoms with E-state index in [1.54, 1.807) is 6.92 Å². The molecular weight excluding hydrogens is 191 g/mol. The van der Waals surface area contributed by atoms with E-state index in [9.17, 15) is 4.79 Å². The molecule has 0 bridgehead atoms. The molecular formula is C12H17NO2. The third kappa shape index (κ3) is 4.13. The van der Waals surface area contributed by atoms with Crippen molar-refractivity contribution in [1.82, 2.24) is 0 Å². The van der Waals surface area contributed by atoms with Crippen molar-refractivity contribution >= 4 is 5.97 Å². The number of hydrogen-bond acceptors (Lipinski definition) is 3. The third-order valence-electron chi connectivity index (χ3n) is 2.18. The lowest BCUT2D eigenvalue weighted by molar-refractivity contribution is -0.144. The lowest BCUT2D eigenvalue weighted by Crippen LogP contribution is -2.32. The minimum Gasteiger partial charge on any atom is -0.465 e. The Bertz CT molecular complexity index is 298. The summed E-state index contributed by atoms with van der Waals surface area (Å²) in [5.41, 5.74) is 6.87. The maximum absolute atomic E-state index is 11.2. The number of nitrogens with two attached hydrogens (primary N) is 1. The fourth-order valence-electron chi connectivity index (χ4n) is 1.33.